The monoisotopic (exact) mass is 638 g/mol. The summed E-state index contributed by atoms with van der Waals surface area (Å²) in [5, 5.41) is 43.3. The lowest BCUT2D eigenvalue weighted by atomic mass is 10.0. The Kier molecular flexibility index (Phi) is 6.13. The Morgan fingerprint density at radius 3 is 1.00 bits per heavy atom. The molecule has 228 valence electrons. The summed E-state index contributed by atoms with van der Waals surface area (Å²) in [5.74, 6) is 1.69. The minimum absolute atomic E-state index is 0.191. The van der Waals surface area contributed by atoms with Crippen molar-refractivity contribution in [2.45, 2.75) is 0 Å². The van der Waals surface area contributed by atoms with Crippen molar-refractivity contribution in [3.63, 3.8) is 0 Å². The van der Waals surface area contributed by atoms with Crippen molar-refractivity contribution in [3.8, 4) is 24.3 Å². The molecule has 0 radical (unpaired) electrons. The molecule has 1 aliphatic rings. The van der Waals surface area contributed by atoms with E-state index in [2.05, 4.69) is 24.3 Å². The second kappa shape index (κ2) is 10.8. The highest BCUT2D eigenvalue weighted by atomic mass is 15.4. The molecule has 0 fully saturated rings. The molecule has 2 aromatic heterocycles. The Balaban J connectivity index is 1.47. The number of aromatic nitrogens is 4. The van der Waals surface area contributed by atoms with Crippen LogP contribution in [0, 0.1) is 45.3 Å². The van der Waals surface area contributed by atoms with Gasteiger partial charge in [0.1, 0.15) is 24.3 Å². The van der Waals surface area contributed by atoms with E-state index in [1.165, 1.54) is 0 Å². The molecule has 0 atom stereocenters. The zero-order valence-electron chi connectivity index (χ0n) is 25.9. The van der Waals surface area contributed by atoms with Crippen LogP contribution in [0.25, 0.3) is 43.6 Å². The third-order valence-electron chi connectivity index (χ3n) is 8.88. The molecule has 1 aliphatic heterocycles. The molecule has 8 aromatic rings. The van der Waals surface area contributed by atoms with Gasteiger partial charge in [0.05, 0.1) is 55.7 Å². The Bertz CT molecular complexity index is 2630. The Morgan fingerprint density at radius 2 is 0.680 bits per heavy atom. The van der Waals surface area contributed by atoms with Crippen LogP contribution in [0.15, 0.2) is 109 Å². The van der Waals surface area contributed by atoms with Crippen LogP contribution in [0.3, 0.4) is 0 Å². The normalized spacial score (nSPS) is 11.8. The summed E-state index contributed by atoms with van der Waals surface area (Å²) >= 11 is 0. The van der Waals surface area contributed by atoms with Crippen LogP contribution in [0.4, 0.5) is 34.6 Å². The Labute approximate surface area is 284 Å². The van der Waals surface area contributed by atoms with Gasteiger partial charge in [0, 0.05) is 10.8 Å². The lowest BCUT2D eigenvalue weighted by Gasteiger charge is -2.37. The first-order chi connectivity index (χ1) is 24.6. The van der Waals surface area contributed by atoms with Gasteiger partial charge in [0.25, 0.3) is 0 Å². The minimum atomic E-state index is 0.191. The number of fused-ring (bicyclic) bond motifs is 6. The maximum absolute atomic E-state index is 9.87. The van der Waals surface area contributed by atoms with E-state index in [0.717, 1.165) is 32.9 Å². The van der Waals surface area contributed by atoms with E-state index in [-0.39, 0.29) is 22.3 Å². The van der Waals surface area contributed by atoms with Crippen molar-refractivity contribution in [2.75, 3.05) is 9.80 Å². The molecule has 0 amide bonds. The fraction of sp³-hybridized carbons (Fsp3) is 0. The summed E-state index contributed by atoms with van der Waals surface area (Å²) < 4.78 is 0. The molecule has 0 saturated heterocycles. The number of nitriles is 4. The van der Waals surface area contributed by atoms with Gasteiger partial charge >= 0.3 is 0 Å². The number of hydrogen-bond acceptors (Lipinski definition) is 10. The lowest BCUT2D eigenvalue weighted by molar-refractivity contribution is 1.03. The van der Waals surface area contributed by atoms with E-state index in [1.54, 1.807) is 24.3 Å². The molecule has 50 heavy (non-hydrogen) atoms. The van der Waals surface area contributed by atoms with Crippen molar-refractivity contribution in [3.05, 3.63) is 131 Å². The van der Waals surface area contributed by atoms with E-state index >= 15 is 0 Å². The Morgan fingerprint density at radius 1 is 0.380 bits per heavy atom. The van der Waals surface area contributed by atoms with E-state index in [9.17, 15) is 21.0 Å². The first-order valence-electron chi connectivity index (χ1n) is 15.5. The van der Waals surface area contributed by atoms with E-state index in [1.807, 2.05) is 94.7 Å². The van der Waals surface area contributed by atoms with Crippen LogP contribution in [0.2, 0.25) is 0 Å². The molecule has 0 unspecified atom stereocenters. The highest BCUT2D eigenvalue weighted by Crippen LogP contribution is 2.54. The topological polar surface area (TPSA) is 153 Å². The van der Waals surface area contributed by atoms with Gasteiger partial charge in [-0.2, -0.15) is 21.0 Å². The van der Waals surface area contributed by atoms with Gasteiger partial charge < -0.3 is 0 Å². The number of hydrogen-bond donors (Lipinski definition) is 0. The molecular formula is C40H18N10. The van der Waals surface area contributed by atoms with Gasteiger partial charge in [-0.25, -0.2) is 19.9 Å². The lowest BCUT2D eigenvalue weighted by Crippen LogP contribution is -2.28. The van der Waals surface area contributed by atoms with Crippen LogP contribution in [0.1, 0.15) is 22.3 Å². The molecule has 0 saturated carbocycles. The summed E-state index contributed by atoms with van der Waals surface area (Å²) in [6.45, 7) is 0. The van der Waals surface area contributed by atoms with Gasteiger partial charge in [-0.3, -0.25) is 9.80 Å². The third-order valence-corrected chi connectivity index (χ3v) is 8.88. The summed E-state index contributed by atoms with van der Waals surface area (Å²) in [6.07, 6.45) is 0. The predicted octanol–water partition coefficient (Wildman–Crippen LogP) is 8.62. The number of nitrogens with zero attached hydrogens (tertiary/aromatic N) is 10. The second-order valence-corrected chi connectivity index (χ2v) is 11.6. The van der Waals surface area contributed by atoms with Gasteiger partial charge in [-0.1, -0.05) is 72.8 Å². The number of benzene rings is 6. The van der Waals surface area contributed by atoms with Crippen LogP contribution >= 0.6 is 0 Å². The highest BCUT2D eigenvalue weighted by Gasteiger charge is 2.37. The molecule has 0 spiro atoms. The van der Waals surface area contributed by atoms with Crippen molar-refractivity contribution in [2.24, 2.45) is 0 Å². The molecular weight excluding hydrogens is 621 g/mol. The third kappa shape index (κ3) is 4.11. The summed E-state index contributed by atoms with van der Waals surface area (Å²) in [5.41, 5.74) is 3.97. The van der Waals surface area contributed by atoms with Gasteiger partial charge in [0.15, 0.2) is 23.3 Å². The molecule has 6 aromatic carbocycles. The summed E-state index contributed by atoms with van der Waals surface area (Å²) in [7, 11) is 0. The zero-order valence-corrected chi connectivity index (χ0v) is 25.9. The highest BCUT2D eigenvalue weighted by molar-refractivity contribution is 6.09. The van der Waals surface area contributed by atoms with Crippen LogP contribution in [-0.4, -0.2) is 19.9 Å². The van der Waals surface area contributed by atoms with Gasteiger partial charge in [-0.05, 0) is 47.2 Å². The smallest absolute Gasteiger partial charge is 0.183 e. The average molecular weight is 639 g/mol. The quantitative estimate of drug-likeness (QED) is 0.180. The van der Waals surface area contributed by atoms with Crippen molar-refractivity contribution in [1.29, 1.82) is 21.0 Å². The van der Waals surface area contributed by atoms with Crippen LogP contribution < -0.4 is 9.80 Å². The molecule has 10 heteroatoms. The second-order valence-electron chi connectivity index (χ2n) is 11.6. The number of anilines is 6. The fourth-order valence-corrected chi connectivity index (χ4v) is 6.60. The standard InChI is InChI=1S/C40H18N10/c41-19-25-15-31-33(17-27(25)21-43)47-39-37(45-31)49(35-13-5-9-23-7-1-3-11-29(23)35)38-40(48-34-18-28(22-44)26(20-42)16-32(34)46-38)50(39)36-14-6-10-24-8-2-4-12-30(24)36/h1-18H. The molecule has 0 bridgehead atoms. The minimum Gasteiger partial charge on any atom is -0.272 e. The van der Waals surface area contributed by atoms with E-state index in [4.69, 9.17) is 19.9 Å². The van der Waals surface area contributed by atoms with Crippen LogP contribution in [-0.2, 0) is 0 Å². The largest absolute Gasteiger partial charge is 0.272 e. The SMILES string of the molecule is N#Cc1cc2nc3c(nc2cc1C#N)N(c1cccc2ccccc12)c1nc2cc(C#N)c(C#N)cc2nc1N3c1cccc2ccccc12. The first kappa shape index (κ1) is 28.3. The van der Waals surface area contributed by atoms with Crippen LogP contribution in [0.5, 0.6) is 0 Å². The molecule has 10 nitrogen and oxygen atoms in total. The van der Waals surface area contributed by atoms with Gasteiger partial charge in [-0.15, -0.1) is 0 Å². The maximum atomic E-state index is 9.87. The molecule has 3 heterocycles. The van der Waals surface area contributed by atoms with Gasteiger partial charge in [0.2, 0.25) is 0 Å². The van der Waals surface area contributed by atoms with Crippen molar-refractivity contribution < 1.29 is 0 Å². The fourth-order valence-electron chi connectivity index (χ4n) is 6.60. The first-order valence-corrected chi connectivity index (χ1v) is 15.5. The van der Waals surface area contributed by atoms with E-state index in [0.29, 0.717) is 45.3 Å². The predicted molar refractivity (Wildman–Crippen MR) is 189 cm³/mol. The van der Waals surface area contributed by atoms with E-state index < -0.39 is 0 Å². The zero-order chi connectivity index (χ0) is 33.9. The summed E-state index contributed by atoms with van der Waals surface area (Å²) in [6, 6.07) is 42.6. The number of rotatable bonds is 2. The summed E-state index contributed by atoms with van der Waals surface area (Å²) in [4.78, 5) is 24.4. The maximum Gasteiger partial charge on any atom is 0.183 e. The average Bonchev–Trinajstić information content (AvgIpc) is 3.17. The Hall–Kier alpha value is -7.92. The molecule has 0 aliphatic carbocycles. The van der Waals surface area contributed by atoms with Crippen molar-refractivity contribution in [1.82, 2.24) is 19.9 Å². The molecule has 9 rings (SSSR count). The van der Waals surface area contributed by atoms with Crippen molar-refractivity contribution >= 4 is 78.3 Å². The molecule has 0 N–H and O–H groups in total.